The summed E-state index contributed by atoms with van der Waals surface area (Å²) < 4.78 is 60.8. The molecule has 0 bridgehead atoms. The molecule has 33 heavy (non-hydrogen) atoms. The van der Waals surface area contributed by atoms with Crippen LogP contribution in [-0.2, 0) is 14.6 Å². The zero-order valence-electron chi connectivity index (χ0n) is 18.2. The molecule has 0 aromatic heterocycles. The van der Waals surface area contributed by atoms with E-state index in [0.29, 0.717) is 35.4 Å². The maximum atomic E-state index is 15.5. The van der Waals surface area contributed by atoms with Gasteiger partial charge in [-0.25, -0.2) is 17.6 Å². The van der Waals surface area contributed by atoms with Crippen molar-refractivity contribution in [3.8, 4) is 5.75 Å². The topological polar surface area (TPSA) is 83.9 Å². The van der Waals surface area contributed by atoms with E-state index in [2.05, 4.69) is 0 Å². The number of hydrogen-bond donors (Lipinski definition) is 1. The van der Waals surface area contributed by atoms with E-state index in [1.54, 1.807) is 17.2 Å². The zero-order valence-corrected chi connectivity index (χ0v) is 19.8. The highest BCUT2D eigenvalue weighted by molar-refractivity contribution is 7.98. The molecule has 3 rings (SSSR count). The lowest BCUT2D eigenvalue weighted by molar-refractivity contribution is -0.134. The number of hydrogen-bond acceptors (Lipinski definition) is 6. The smallest absolute Gasteiger partial charge is 0.368 e. The minimum atomic E-state index is -4.41. The van der Waals surface area contributed by atoms with Gasteiger partial charge in [-0.15, -0.1) is 11.8 Å². The molecule has 0 saturated heterocycles. The Hall–Kier alpha value is -2.59. The van der Waals surface area contributed by atoms with Crippen molar-refractivity contribution < 1.29 is 31.8 Å². The van der Waals surface area contributed by atoms with Gasteiger partial charge in [-0.05, 0) is 30.9 Å². The van der Waals surface area contributed by atoms with Gasteiger partial charge in [0.05, 0.1) is 15.5 Å². The number of ether oxygens (including phenoxy) is 1. The summed E-state index contributed by atoms with van der Waals surface area (Å²) in [6.07, 6.45) is 3.99. The molecule has 0 saturated carbocycles. The Morgan fingerprint density at radius 1 is 1.30 bits per heavy atom. The van der Waals surface area contributed by atoms with E-state index in [0.717, 1.165) is 12.5 Å². The highest BCUT2D eigenvalue weighted by atomic mass is 32.2. The van der Waals surface area contributed by atoms with E-state index in [4.69, 9.17) is 9.84 Å². The lowest BCUT2D eigenvalue weighted by atomic mass is 10.0. The van der Waals surface area contributed by atoms with Crippen LogP contribution in [0.4, 0.5) is 20.2 Å². The van der Waals surface area contributed by atoms with Crippen LogP contribution in [0.5, 0.6) is 5.75 Å². The largest absolute Gasteiger partial charge is 0.476 e. The van der Waals surface area contributed by atoms with E-state index in [1.165, 1.54) is 11.8 Å². The number of halogens is 2. The molecule has 0 spiro atoms. The van der Waals surface area contributed by atoms with Gasteiger partial charge in [0.15, 0.2) is 0 Å². The Morgan fingerprint density at radius 2 is 2.00 bits per heavy atom. The number of thioether (sulfide) groups is 1. The van der Waals surface area contributed by atoms with Crippen LogP contribution in [0.25, 0.3) is 0 Å². The number of para-hydroxylation sites is 1. The number of carboxylic acid groups (broad SMARTS) is 1. The number of benzene rings is 2. The quantitative estimate of drug-likeness (QED) is 0.284. The Bertz CT molecular complexity index is 1140. The van der Waals surface area contributed by atoms with Crippen LogP contribution in [-0.4, -0.2) is 37.8 Å². The van der Waals surface area contributed by atoms with Gasteiger partial charge in [-0.3, -0.25) is 0 Å². The van der Waals surface area contributed by atoms with Gasteiger partial charge < -0.3 is 14.7 Å². The summed E-state index contributed by atoms with van der Waals surface area (Å²) in [5, 5.41) is 8.71. The first-order valence-corrected chi connectivity index (χ1v) is 13.2. The number of unbranched alkanes of at least 4 members (excludes halogenated alkanes) is 1. The van der Waals surface area contributed by atoms with Crippen LogP contribution in [0.2, 0.25) is 0 Å². The fraction of sp³-hybridized carbons (Fsp3) is 0.348. The van der Waals surface area contributed by atoms with Gasteiger partial charge in [-0.1, -0.05) is 38.0 Å². The number of sulfone groups is 1. The molecule has 0 aliphatic carbocycles. The monoisotopic (exact) mass is 497 g/mol. The summed E-state index contributed by atoms with van der Waals surface area (Å²) in [7, 11) is -4.41. The number of nitrogens with zero attached hydrogens (tertiary/aromatic N) is 1. The second kappa shape index (κ2) is 10.6. The molecule has 0 unspecified atom stereocenters. The molecule has 0 fully saturated rings. The lowest BCUT2D eigenvalue weighted by Gasteiger charge is -2.28. The second-order valence-corrected chi connectivity index (χ2v) is 10.4. The molecule has 1 heterocycles. The van der Waals surface area contributed by atoms with Gasteiger partial charge in [0, 0.05) is 24.2 Å². The Balaban J connectivity index is 2.21. The predicted molar refractivity (Wildman–Crippen MR) is 124 cm³/mol. The van der Waals surface area contributed by atoms with Gasteiger partial charge in [0.1, 0.15) is 12.0 Å². The second-order valence-electron chi connectivity index (χ2n) is 7.60. The molecule has 6 nitrogen and oxygen atoms in total. The maximum absolute atomic E-state index is 15.5. The molecule has 2 aromatic carbocycles. The molecule has 10 heteroatoms. The van der Waals surface area contributed by atoms with Crippen molar-refractivity contribution in [2.75, 3.05) is 17.7 Å². The number of rotatable bonds is 8. The minimum Gasteiger partial charge on any atom is -0.476 e. The maximum Gasteiger partial charge on any atom is 0.368 e. The summed E-state index contributed by atoms with van der Waals surface area (Å²) in [5.74, 6) is -4.20. The van der Waals surface area contributed by atoms with E-state index in [1.807, 2.05) is 37.3 Å². The van der Waals surface area contributed by atoms with Crippen LogP contribution < -0.4 is 9.64 Å². The first-order chi connectivity index (χ1) is 15.7. The van der Waals surface area contributed by atoms with E-state index >= 15 is 4.39 Å². The first kappa shape index (κ1) is 25.0. The molecule has 2 atom stereocenters. The van der Waals surface area contributed by atoms with Crippen LogP contribution in [0.1, 0.15) is 26.2 Å². The average Bonchev–Trinajstić information content (AvgIpc) is 2.89. The summed E-state index contributed by atoms with van der Waals surface area (Å²) in [6.45, 7) is 2.12. The summed E-state index contributed by atoms with van der Waals surface area (Å²) in [6, 6.07) is 11.8. The van der Waals surface area contributed by atoms with Crippen LogP contribution in [0, 0.1) is 5.92 Å². The standard InChI is InChI=1S/C23H25F2NO5S2/c1-3-4-8-15-13-26(16-9-6-5-7-10-16)18-11-20(32-2)19(31-14-17(24)23(27)28)12-21(18)33(29,30)22(15)25/h5-7,9-12,14-15,22H,3-4,8,13H2,1-2H3,(H,27,28)/t15-,22-/m1/s1. The third-order valence-electron chi connectivity index (χ3n) is 5.42. The first-order valence-electron chi connectivity index (χ1n) is 10.4. The molecule has 0 radical (unpaired) electrons. The Morgan fingerprint density at radius 3 is 2.61 bits per heavy atom. The fourth-order valence-electron chi connectivity index (χ4n) is 3.72. The molecule has 1 aliphatic heterocycles. The van der Waals surface area contributed by atoms with Crippen molar-refractivity contribution in [3.63, 3.8) is 0 Å². The Labute approximate surface area is 196 Å². The molecule has 2 aromatic rings. The highest BCUT2D eigenvalue weighted by Crippen LogP contribution is 2.45. The van der Waals surface area contributed by atoms with E-state index in [9.17, 15) is 17.6 Å². The van der Waals surface area contributed by atoms with E-state index in [-0.39, 0.29) is 17.2 Å². The van der Waals surface area contributed by atoms with Gasteiger partial charge in [-0.2, -0.15) is 4.39 Å². The molecule has 1 N–H and O–H groups in total. The summed E-state index contributed by atoms with van der Waals surface area (Å²) >= 11 is 1.21. The molecule has 0 amide bonds. The number of anilines is 2. The molecular formula is C23H25F2NO5S2. The number of alkyl halides is 1. The number of carbonyl (C=O) groups is 1. The minimum absolute atomic E-state index is 0.0755. The Kier molecular flexibility index (Phi) is 8.01. The summed E-state index contributed by atoms with van der Waals surface area (Å²) in [4.78, 5) is 12.7. The highest BCUT2D eigenvalue weighted by Gasteiger charge is 2.42. The molecule has 1 aliphatic rings. The van der Waals surface area contributed by atoms with Crippen molar-refractivity contribution in [3.05, 3.63) is 54.6 Å². The van der Waals surface area contributed by atoms with E-state index < -0.39 is 33.1 Å². The van der Waals surface area contributed by atoms with Crippen molar-refractivity contribution in [2.24, 2.45) is 5.92 Å². The lowest BCUT2D eigenvalue weighted by Crippen LogP contribution is -2.31. The van der Waals surface area contributed by atoms with Crippen molar-refractivity contribution in [1.82, 2.24) is 0 Å². The normalized spacial score (nSPS) is 20.1. The van der Waals surface area contributed by atoms with Crippen LogP contribution in [0.3, 0.4) is 0 Å². The van der Waals surface area contributed by atoms with Gasteiger partial charge in [0.2, 0.25) is 21.2 Å². The van der Waals surface area contributed by atoms with Gasteiger partial charge >= 0.3 is 5.97 Å². The third-order valence-corrected chi connectivity index (χ3v) is 8.09. The van der Waals surface area contributed by atoms with Gasteiger partial charge in [0.25, 0.3) is 0 Å². The predicted octanol–water partition coefficient (Wildman–Crippen LogP) is 5.71. The number of fused-ring (bicyclic) bond motifs is 1. The van der Waals surface area contributed by atoms with Crippen molar-refractivity contribution in [2.45, 2.75) is 41.5 Å². The fourth-order valence-corrected chi connectivity index (χ4v) is 5.96. The third kappa shape index (κ3) is 5.33. The van der Waals surface area contributed by atoms with Crippen molar-refractivity contribution >= 4 is 38.9 Å². The molecule has 178 valence electrons. The average molecular weight is 498 g/mol. The SMILES string of the molecule is CCCC[C@@H]1CN(c2ccccc2)c2cc(SC)c(OC=C(F)C(=O)O)cc2S(=O)(=O)[C@H]1F. The zero-order chi connectivity index (χ0) is 24.2. The number of carboxylic acids is 1. The van der Waals surface area contributed by atoms with Crippen LogP contribution in [0.15, 0.2) is 64.3 Å². The molecular weight excluding hydrogens is 472 g/mol. The summed E-state index contributed by atoms with van der Waals surface area (Å²) in [5.41, 5.74) is -1.12. The van der Waals surface area contributed by atoms with Crippen molar-refractivity contribution in [1.29, 1.82) is 0 Å². The van der Waals surface area contributed by atoms with Crippen LogP contribution >= 0.6 is 11.8 Å². The number of aliphatic carboxylic acids is 1.